The average Bonchev–Trinajstić information content (AvgIpc) is 2.99. The number of nitrogens with one attached hydrogen (secondary N) is 1. The first-order valence-electron chi connectivity index (χ1n) is 14.0. The molecule has 0 bridgehead atoms. The van der Waals surface area contributed by atoms with Crippen LogP contribution in [0.1, 0.15) is 55.1 Å². The monoisotopic (exact) mass is 620 g/mol. The summed E-state index contributed by atoms with van der Waals surface area (Å²) in [6.45, 7) is 6.58. The first-order chi connectivity index (χ1) is 20.8. The first-order valence-corrected chi connectivity index (χ1v) is 14.0. The van der Waals surface area contributed by atoms with Crippen molar-refractivity contribution >= 4 is 11.9 Å². The molecule has 2 aromatic carbocycles. The number of rotatable bonds is 16. The number of pyridine rings is 1. The van der Waals surface area contributed by atoms with Crippen LogP contribution in [0.15, 0.2) is 66.9 Å². The summed E-state index contributed by atoms with van der Waals surface area (Å²) in [5.74, 6) is -4.15. The molecule has 0 aliphatic heterocycles. The van der Waals surface area contributed by atoms with E-state index in [2.05, 4.69) is 28.9 Å². The van der Waals surface area contributed by atoms with E-state index in [9.17, 15) is 27.2 Å². The highest BCUT2D eigenvalue weighted by Gasteiger charge is 2.42. The highest BCUT2D eigenvalue weighted by atomic mass is 19.3. The van der Waals surface area contributed by atoms with E-state index in [1.165, 1.54) is 6.07 Å². The number of amides is 1. The molecule has 0 saturated carbocycles. The van der Waals surface area contributed by atoms with Gasteiger partial charge in [0, 0.05) is 18.7 Å². The Morgan fingerprint density at radius 2 is 1.59 bits per heavy atom. The molecule has 0 aliphatic carbocycles. The van der Waals surface area contributed by atoms with Crippen molar-refractivity contribution in [3.63, 3.8) is 0 Å². The van der Waals surface area contributed by atoms with Crippen molar-refractivity contribution in [3.8, 4) is 17.4 Å². The summed E-state index contributed by atoms with van der Waals surface area (Å²) in [6, 6.07) is 17.1. The highest BCUT2D eigenvalue weighted by molar-refractivity contribution is 5.93. The van der Waals surface area contributed by atoms with E-state index in [0.29, 0.717) is 17.4 Å². The number of alkyl halides is 4. The fraction of sp³-hybridized carbons (Fsp3) is 0.406. The number of hydrogen-bond acceptors (Lipinski definition) is 7. The summed E-state index contributed by atoms with van der Waals surface area (Å²) in [5.41, 5.74) is 0.825. The highest BCUT2D eigenvalue weighted by Crippen LogP contribution is 2.27. The Hall–Kier alpha value is -4.35. The van der Waals surface area contributed by atoms with Crippen molar-refractivity contribution in [3.05, 3.63) is 83.6 Å². The van der Waals surface area contributed by atoms with Gasteiger partial charge in [-0.25, -0.2) is 18.6 Å². The molecule has 1 unspecified atom stereocenters. The van der Waals surface area contributed by atoms with E-state index in [1.807, 2.05) is 36.4 Å². The molecule has 0 spiro atoms. The molecule has 1 amide bonds. The Morgan fingerprint density at radius 3 is 2.16 bits per heavy atom. The molecule has 3 rings (SSSR count). The molecule has 3 aromatic rings. The lowest BCUT2D eigenvalue weighted by molar-refractivity contribution is -0.160. The van der Waals surface area contributed by atoms with Gasteiger partial charge in [-0.05, 0) is 61.2 Å². The molecule has 0 aliphatic rings. The lowest BCUT2D eigenvalue weighted by Gasteiger charge is -2.29. The number of hydrogen-bond donors (Lipinski definition) is 1. The molecule has 0 fully saturated rings. The smallest absolute Gasteiger partial charge is 0.350 e. The van der Waals surface area contributed by atoms with Crippen molar-refractivity contribution in [1.82, 2.24) is 10.3 Å². The molecule has 12 heteroatoms. The van der Waals surface area contributed by atoms with Gasteiger partial charge in [0.2, 0.25) is 11.5 Å². The van der Waals surface area contributed by atoms with E-state index in [4.69, 9.17) is 14.2 Å². The van der Waals surface area contributed by atoms with Crippen LogP contribution in [0.2, 0.25) is 0 Å². The van der Waals surface area contributed by atoms with Crippen molar-refractivity contribution in [2.75, 3.05) is 26.4 Å². The maximum Gasteiger partial charge on any atom is 0.350 e. The maximum absolute atomic E-state index is 13.0. The maximum atomic E-state index is 13.0. The lowest BCUT2D eigenvalue weighted by Crippen LogP contribution is -2.45. The van der Waals surface area contributed by atoms with Crippen molar-refractivity contribution in [2.24, 2.45) is 0 Å². The molecule has 0 radical (unpaired) electrons. The van der Waals surface area contributed by atoms with Gasteiger partial charge in [0.15, 0.2) is 6.61 Å². The predicted molar refractivity (Wildman–Crippen MR) is 155 cm³/mol. The van der Waals surface area contributed by atoms with Crippen LogP contribution in [0.4, 0.5) is 17.6 Å². The molecule has 44 heavy (non-hydrogen) atoms. The number of benzene rings is 2. The molecule has 238 valence electrons. The molecule has 1 heterocycles. The standard InChI is InChI=1S/C32H36F4N2O6/c1-5-41-30(40)31(4,44-26-13-8-23(9-14-26)21(2)3)18-22-6-11-25(12-7-22)42-17-16-37-28(39)24-10-15-27(38-19-24)43-20-32(35,36)29(33)34/h6-15,19,21,29H,5,16-18,20H2,1-4H3,(H,37,39). The number of aromatic nitrogens is 1. The number of esters is 1. The Morgan fingerprint density at radius 1 is 0.932 bits per heavy atom. The van der Waals surface area contributed by atoms with Crippen molar-refractivity contribution < 1.29 is 46.1 Å². The molecule has 8 nitrogen and oxygen atoms in total. The van der Waals surface area contributed by atoms with Gasteiger partial charge in [0.05, 0.1) is 18.7 Å². The third-order valence-electron chi connectivity index (χ3n) is 6.45. The SMILES string of the molecule is CCOC(=O)C(C)(Cc1ccc(OCCNC(=O)c2ccc(OCC(F)(F)C(F)F)nc2)cc1)Oc1ccc(C(C)C)cc1. The van der Waals surface area contributed by atoms with Crippen LogP contribution < -0.4 is 19.5 Å². The fourth-order valence-electron chi connectivity index (χ4n) is 3.98. The van der Waals surface area contributed by atoms with Crippen LogP contribution >= 0.6 is 0 Å². The Labute approximate surface area is 253 Å². The summed E-state index contributed by atoms with van der Waals surface area (Å²) in [4.78, 5) is 28.9. The van der Waals surface area contributed by atoms with E-state index < -0.39 is 36.4 Å². The van der Waals surface area contributed by atoms with Crippen LogP contribution in [0.5, 0.6) is 17.4 Å². The number of halogens is 4. The topological polar surface area (TPSA) is 96.0 Å². The van der Waals surface area contributed by atoms with Gasteiger partial charge in [-0.15, -0.1) is 0 Å². The predicted octanol–water partition coefficient (Wildman–Crippen LogP) is 6.24. The number of carbonyl (C=O) groups is 2. The average molecular weight is 621 g/mol. The van der Waals surface area contributed by atoms with Gasteiger partial charge in [0.25, 0.3) is 5.91 Å². The summed E-state index contributed by atoms with van der Waals surface area (Å²) >= 11 is 0. The summed E-state index contributed by atoms with van der Waals surface area (Å²) < 4.78 is 72.1. The van der Waals surface area contributed by atoms with Crippen LogP contribution in [0, 0.1) is 0 Å². The molecule has 1 N–H and O–H groups in total. The van der Waals surface area contributed by atoms with E-state index in [-0.39, 0.29) is 37.6 Å². The zero-order valence-electron chi connectivity index (χ0n) is 24.9. The zero-order chi connectivity index (χ0) is 32.3. The van der Waals surface area contributed by atoms with E-state index in [1.54, 1.807) is 26.0 Å². The Bertz CT molecular complexity index is 1350. The number of ether oxygens (including phenoxy) is 4. The number of nitrogens with zero attached hydrogens (tertiary/aromatic N) is 1. The normalized spacial score (nSPS) is 12.9. The third kappa shape index (κ3) is 9.85. The number of carbonyl (C=O) groups excluding carboxylic acids is 2. The van der Waals surface area contributed by atoms with Gasteiger partial charge in [-0.1, -0.05) is 38.1 Å². The van der Waals surface area contributed by atoms with Crippen LogP contribution in [0.25, 0.3) is 0 Å². The second-order valence-corrected chi connectivity index (χ2v) is 10.4. The van der Waals surface area contributed by atoms with Gasteiger partial charge in [0.1, 0.15) is 18.1 Å². The van der Waals surface area contributed by atoms with Gasteiger partial charge in [-0.2, -0.15) is 8.78 Å². The minimum absolute atomic E-state index is 0.116. The van der Waals surface area contributed by atoms with Crippen molar-refractivity contribution in [2.45, 2.75) is 58.0 Å². The van der Waals surface area contributed by atoms with Crippen LogP contribution in [-0.4, -0.2) is 61.2 Å². The molecule has 0 saturated heterocycles. The lowest BCUT2D eigenvalue weighted by atomic mass is 9.96. The van der Waals surface area contributed by atoms with Crippen LogP contribution in [0.3, 0.4) is 0 Å². The Kier molecular flexibility index (Phi) is 11.9. The first kappa shape index (κ1) is 34.1. The molecule has 1 aromatic heterocycles. The minimum Gasteiger partial charge on any atom is -0.492 e. The van der Waals surface area contributed by atoms with Gasteiger partial charge < -0.3 is 24.3 Å². The quantitative estimate of drug-likeness (QED) is 0.115. The van der Waals surface area contributed by atoms with E-state index in [0.717, 1.165) is 23.4 Å². The fourth-order valence-corrected chi connectivity index (χ4v) is 3.98. The summed E-state index contributed by atoms with van der Waals surface area (Å²) in [5, 5.41) is 2.63. The molecular formula is C32H36F4N2O6. The Balaban J connectivity index is 1.50. The van der Waals surface area contributed by atoms with Crippen molar-refractivity contribution in [1.29, 1.82) is 0 Å². The van der Waals surface area contributed by atoms with E-state index >= 15 is 0 Å². The molecular weight excluding hydrogens is 584 g/mol. The third-order valence-corrected chi connectivity index (χ3v) is 6.45. The summed E-state index contributed by atoms with van der Waals surface area (Å²) in [6.07, 6.45) is -2.53. The minimum atomic E-state index is -4.31. The second-order valence-electron chi connectivity index (χ2n) is 10.4. The second kappa shape index (κ2) is 15.4. The van der Waals surface area contributed by atoms with Gasteiger partial charge in [-0.3, -0.25) is 4.79 Å². The summed E-state index contributed by atoms with van der Waals surface area (Å²) in [7, 11) is 0. The van der Waals surface area contributed by atoms with Crippen LogP contribution in [-0.2, 0) is 16.0 Å². The zero-order valence-corrected chi connectivity index (χ0v) is 24.9. The largest absolute Gasteiger partial charge is 0.492 e. The molecule has 1 atom stereocenters. The van der Waals surface area contributed by atoms with Gasteiger partial charge >= 0.3 is 18.3 Å².